The maximum atomic E-state index is 14.7. The van der Waals surface area contributed by atoms with Crippen LogP contribution < -0.4 is 32.0 Å². The Bertz CT molecular complexity index is 2220. The summed E-state index contributed by atoms with van der Waals surface area (Å²) in [6.07, 6.45) is 1.95. The van der Waals surface area contributed by atoms with Gasteiger partial charge in [-0.15, -0.1) is 0 Å². The van der Waals surface area contributed by atoms with E-state index in [1.807, 2.05) is 18.2 Å². The van der Waals surface area contributed by atoms with E-state index in [4.69, 9.17) is 26.7 Å². The van der Waals surface area contributed by atoms with Crippen molar-refractivity contribution in [3.05, 3.63) is 82.9 Å². The van der Waals surface area contributed by atoms with E-state index in [9.17, 15) is 29.2 Å². The summed E-state index contributed by atoms with van der Waals surface area (Å²) in [6, 6.07) is 19.4. The molecule has 3 aliphatic rings. The Hall–Kier alpha value is -5.42. The number of ketones is 3. The Labute approximate surface area is 377 Å². The number of ether oxygens (including phenoxy) is 2. The van der Waals surface area contributed by atoms with Crippen LogP contribution in [0.25, 0.3) is 11.1 Å². The van der Waals surface area contributed by atoms with Gasteiger partial charge in [0, 0.05) is 74.7 Å². The summed E-state index contributed by atoms with van der Waals surface area (Å²) in [5, 5.41) is 12.1. The molecule has 64 heavy (non-hydrogen) atoms. The zero-order chi connectivity index (χ0) is 46.3. The predicted molar refractivity (Wildman–Crippen MR) is 245 cm³/mol. The predicted octanol–water partition coefficient (Wildman–Crippen LogP) is 5.70. The fourth-order valence-electron chi connectivity index (χ4n) is 9.87. The van der Waals surface area contributed by atoms with E-state index in [0.717, 1.165) is 12.8 Å². The lowest BCUT2D eigenvalue weighted by molar-refractivity contribution is -0.144. The maximum absolute atomic E-state index is 14.7. The zero-order valence-corrected chi connectivity index (χ0v) is 38.1. The molecule has 2 unspecified atom stereocenters. The van der Waals surface area contributed by atoms with Gasteiger partial charge in [0.25, 0.3) is 0 Å². The number of carbonyl (C=O) groups is 5. The van der Waals surface area contributed by atoms with Gasteiger partial charge in [0.15, 0.2) is 11.6 Å². The summed E-state index contributed by atoms with van der Waals surface area (Å²) in [5.74, 6) is -1.39. The number of carbonyl (C=O) groups excluding carboxylic acids is 5. The summed E-state index contributed by atoms with van der Waals surface area (Å²) in [6.45, 7) is 9.25. The molecule has 342 valence electrons. The van der Waals surface area contributed by atoms with Gasteiger partial charge in [0.05, 0.1) is 12.1 Å². The molecule has 13 heteroatoms. The number of nitrogens with two attached hydrogens (primary N) is 3. The third-order valence-corrected chi connectivity index (χ3v) is 13.4. The first kappa shape index (κ1) is 48.0. The number of amides is 2. The Morgan fingerprint density at radius 2 is 1.45 bits per heavy atom. The number of Topliss-reactive ketones (excluding diaryl/α,β-unsaturated/α-hetero) is 3. The molecular formula is C51H66N6O7. The van der Waals surface area contributed by atoms with Crippen molar-refractivity contribution < 1.29 is 33.4 Å². The standard InChI is InChI=1S/C51H66N6O7/c1-30-23-44(60)48(57(5)50(62)34(16-18-53)29-43(59)47-39-27-35(28-40(39)47)32-9-12-36(13-10-32)51(2,3)4)33-11-15-46(64-22-20-55)38(26-33)37-24-31(8-14-45(37)63-21-19-54)25-41(56-49(30)61)42(58)7-6-17-52/h8-15,24,26,30,34-35,39-41,47-48H,6-7,16,18-23,25,27-29,53-55H2,1-5H3,(H,56,61)/t30-,34-,35?,39?,40?,41+,47?,48+/m1/s1. The molecule has 6 rings (SSSR count). The maximum Gasteiger partial charge on any atom is 0.226 e. The van der Waals surface area contributed by atoms with E-state index < -0.39 is 35.6 Å². The van der Waals surface area contributed by atoms with Gasteiger partial charge >= 0.3 is 0 Å². The molecule has 0 spiro atoms. The van der Waals surface area contributed by atoms with Gasteiger partial charge in [-0.05, 0) is 102 Å². The molecule has 0 aromatic heterocycles. The van der Waals surface area contributed by atoms with Crippen molar-refractivity contribution in [3.8, 4) is 28.7 Å². The Balaban J connectivity index is 1.31. The van der Waals surface area contributed by atoms with Crippen molar-refractivity contribution in [2.45, 2.75) is 102 Å². The van der Waals surface area contributed by atoms with E-state index in [0.29, 0.717) is 39.7 Å². The third kappa shape index (κ3) is 11.1. The fourth-order valence-corrected chi connectivity index (χ4v) is 9.87. The van der Waals surface area contributed by atoms with Gasteiger partial charge in [0.2, 0.25) is 11.8 Å². The summed E-state index contributed by atoms with van der Waals surface area (Å²) in [5.41, 5.74) is 22.8. The minimum Gasteiger partial charge on any atom is -0.492 e. The first-order valence-electron chi connectivity index (χ1n) is 22.9. The summed E-state index contributed by atoms with van der Waals surface area (Å²) in [7, 11) is 1.56. The molecular weight excluding hydrogens is 809 g/mol. The highest BCUT2D eigenvalue weighted by molar-refractivity contribution is 5.97. The largest absolute Gasteiger partial charge is 0.492 e. The summed E-state index contributed by atoms with van der Waals surface area (Å²) < 4.78 is 12.3. The monoisotopic (exact) mass is 874 g/mol. The van der Waals surface area contributed by atoms with Crippen LogP contribution in [0.1, 0.15) is 107 Å². The Morgan fingerprint density at radius 3 is 2.05 bits per heavy atom. The van der Waals surface area contributed by atoms with Crippen molar-refractivity contribution in [2.24, 2.45) is 46.8 Å². The molecule has 2 aliphatic carbocycles. The molecule has 3 aromatic carbocycles. The number of likely N-dealkylation sites (N-methyl/N-ethyl adjacent to an activating group) is 1. The van der Waals surface area contributed by atoms with Crippen LogP contribution >= 0.6 is 0 Å². The summed E-state index contributed by atoms with van der Waals surface area (Å²) >= 11 is 0. The second kappa shape index (κ2) is 21.0. The highest BCUT2D eigenvalue weighted by Crippen LogP contribution is 2.63. The third-order valence-electron chi connectivity index (χ3n) is 13.4. The lowest BCUT2D eigenvalue weighted by Crippen LogP contribution is -2.46. The number of rotatable bonds is 17. The van der Waals surface area contributed by atoms with Crippen molar-refractivity contribution in [3.63, 3.8) is 0 Å². The lowest BCUT2D eigenvalue weighted by atomic mass is 9.84. The molecule has 7 N–H and O–H groups in total. The first-order valence-corrected chi connectivity index (χ1v) is 22.9. The Kier molecular flexibility index (Phi) is 15.8. The number of nitriles is 1. The van der Waals surface area contributed by atoms with Gasteiger partial charge in [-0.2, -0.15) is 5.26 Å². The van der Waals surface area contributed by atoms with Crippen LogP contribution in [-0.2, 0) is 35.8 Å². The zero-order valence-electron chi connectivity index (χ0n) is 38.1. The molecule has 0 radical (unpaired) electrons. The molecule has 6 atom stereocenters. The molecule has 2 saturated carbocycles. The van der Waals surface area contributed by atoms with Crippen molar-refractivity contribution in [2.75, 3.05) is 39.9 Å². The van der Waals surface area contributed by atoms with E-state index >= 15 is 0 Å². The number of hydrogen-bond donors (Lipinski definition) is 4. The minimum absolute atomic E-state index is 0.0149. The molecule has 1 heterocycles. The highest BCUT2D eigenvalue weighted by atomic mass is 16.5. The number of hydrogen-bond acceptors (Lipinski definition) is 11. The average Bonchev–Trinajstić information content (AvgIpc) is 3.78. The highest BCUT2D eigenvalue weighted by Gasteiger charge is 2.59. The van der Waals surface area contributed by atoms with Gasteiger partial charge in [-0.1, -0.05) is 64.1 Å². The number of nitrogens with zero attached hydrogens (tertiary/aromatic N) is 2. The van der Waals surface area contributed by atoms with Crippen LogP contribution in [-0.4, -0.2) is 80.0 Å². The van der Waals surface area contributed by atoms with Crippen LogP contribution in [0.3, 0.4) is 0 Å². The molecule has 3 aromatic rings. The van der Waals surface area contributed by atoms with Gasteiger partial charge in [-0.25, -0.2) is 0 Å². The second-order valence-electron chi connectivity index (χ2n) is 19.0. The van der Waals surface area contributed by atoms with E-state index in [2.05, 4.69) is 50.4 Å². The molecule has 0 saturated heterocycles. The van der Waals surface area contributed by atoms with Crippen molar-refractivity contribution in [1.29, 1.82) is 5.26 Å². The second-order valence-corrected chi connectivity index (χ2v) is 19.0. The molecule has 13 nitrogen and oxygen atoms in total. The quantitative estimate of drug-likeness (QED) is 0.129. The summed E-state index contributed by atoms with van der Waals surface area (Å²) in [4.78, 5) is 72.2. The number of benzene rings is 3. The van der Waals surface area contributed by atoms with E-state index in [-0.39, 0.29) is 112 Å². The van der Waals surface area contributed by atoms with Gasteiger partial charge in [-0.3, -0.25) is 24.0 Å². The molecule has 4 bridgehead atoms. The van der Waals surface area contributed by atoms with Gasteiger partial charge < -0.3 is 36.9 Å². The molecule has 2 amide bonds. The molecule has 2 fully saturated rings. The topological polar surface area (TPSA) is 221 Å². The van der Waals surface area contributed by atoms with Crippen LogP contribution in [0.15, 0.2) is 60.7 Å². The SMILES string of the molecule is C[C@@H]1CC(=O)[C@@H](N(C)C(=O)[C@H](CCN)CC(=O)C2C3CC(c4ccc(C(C)(C)C)cc4)CC32)c2ccc(OCCN)c(c2)-c2cc(ccc2OCCN)C[C@@H](C(=O)CCC#N)NC1=O. The number of fused-ring (bicyclic) bond motifs is 6. The van der Waals surface area contributed by atoms with Crippen molar-refractivity contribution >= 4 is 29.2 Å². The average molecular weight is 875 g/mol. The van der Waals surface area contributed by atoms with Gasteiger partial charge in [0.1, 0.15) is 36.5 Å². The van der Waals surface area contributed by atoms with Crippen LogP contribution in [0, 0.1) is 40.9 Å². The molecule has 1 aliphatic heterocycles. The van der Waals surface area contributed by atoms with Crippen molar-refractivity contribution in [1.82, 2.24) is 10.2 Å². The Morgan fingerprint density at radius 1 is 0.844 bits per heavy atom. The van der Waals surface area contributed by atoms with Crippen LogP contribution in [0.5, 0.6) is 11.5 Å². The first-order chi connectivity index (χ1) is 30.6. The fraction of sp³-hybridized carbons (Fsp3) is 0.529. The smallest absolute Gasteiger partial charge is 0.226 e. The van der Waals surface area contributed by atoms with Crippen LogP contribution in [0.4, 0.5) is 0 Å². The minimum atomic E-state index is -1.17. The normalized spacial score (nSPS) is 23.5. The van der Waals surface area contributed by atoms with E-state index in [1.54, 1.807) is 38.2 Å². The van der Waals surface area contributed by atoms with Crippen LogP contribution in [0.2, 0.25) is 0 Å². The van der Waals surface area contributed by atoms with E-state index in [1.165, 1.54) is 16.0 Å². The number of nitrogens with one attached hydrogen (secondary N) is 1. The lowest BCUT2D eigenvalue weighted by Gasteiger charge is -2.32.